The Hall–Kier alpha value is -1.30. The minimum atomic E-state index is -0.555. The number of nitrogens with one attached hydrogen (secondary N) is 1. The first-order chi connectivity index (χ1) is 11.7. The molecule has 0 radical (unpaired) electrons. The summed E-state index contributed by atoms with van der Waals surface area (Å²) >= 11 is 0. The Bertz CT molecular complexity index is 497. The maximum Gasteiger partial charge on any atom is 0.123 e. The van der Waals surface area contributed by atoms with Crippen molar-refractivity contribution in [3.63, 3.8) is 0 Å². The maximum absolute atomic E-state index is 10.1. The predicted octanol–water partition coefficient (Wildman–Crippen LogP) is 3.14. The van der Waals surface area contributed by atoms with E-state index in [1.807, 2.05) is 32.0 Å². The Labute approximate surface area is 152 Å². The van der Waals surface area contributed by atoms with Crippen molar-refractivity contribution in [3.05, 3.63) is 23.8 Å². The second-order valence-corrected chi connectivity index (χ2v) is 7.55. The van der Waals surface area contributed by atoms with Gasteiger partial charge in [-0.15, -0.1) is 0 Å². The maximum atomic E-state index is 10.1. The van der Waals surface area contributed by atoms with E-state index < -0.39 is 6.10 Å². The molecule has 0 fully saturated rings. The smallest absolute Gasteiger partial charge is 0.123 e. The van der Waals surface area contributed by atoms with Crippen molar-refractivity contribution >= 4 is 0 Å². The lowest BCUT2D eigenvalue weighted by atomic mass is 9.86. The molecule has 1 aromatic rings. The van der Waals surface area contributed by atoms with Crippen LogP contribution in [0.4, 0.5) is 0 Å². The second kappa shape index (κ2) is 10.6. The Balaban J connectivity index is 2.41. The Kier molecular flexibility index (Phi) is 9.25. The van der Waals surface area contributed by atoms with Crippen LogP contribution in [-0.4, -0.2) is 50.7 Å². The third-order valence-electron chi connectivity index (χ3n) is 3.76. The van der Waals surface area contributed by atoms with E-state index in [1.54, 1.807) is 7.11 Å². The second-order valence-electron chi connectivity index (χ2n) is 7.55. The molecule has 25 heavy (non-hydrogen) atoms. The van der Waals surface area contributed by atoms with Crippen molar-refractivity contribution in [1.82, 2.24) is 5.32 Å². The summed E-state index contributed by atoms with van der Waals surface area (Å²) in [5.41, 5.74) is 1.00. The third-order valence-corrected chi connectivity index (χ3v) is 3.76. The Morgan fingerprint density at radius 1 is 1.20 bits per heavy atom. The summed E-state index contributed by atoms with van der Waals surface area (Å²) in [5.74, 6) is 1.60. The molecule has 1 atom stereocenters. The molecule has 0 spiro atoms. The number of hydrogen-bond donors (Lipinski definition) is 2. The first-order valence-corrected chi connectivity index (χ1v) is 9.05. The van der Waals surface area contributed by atoms with Crippen molar-refractivity contribution in [2.45, 2.75) is 58.7 Å². The number of benzene rings is 1. The Morgan fingerprint density at radius 2 is 1.92 bits per heavy atom. The van der Waals surface area contributed by atoms with Gasteiger partial charge in [0.1, 0.15) is 24.2 Å². The lowest BCUT2D eigenvalue weighted by Gasteiger charge is -2.24. The fourth-order valence-electron chi connectivity index (χ4n) is 2.38. The van der Waals surface area contributed by atoms with Gasteiger partial charge in [0.15, 0.2) is 0 Å². The first kappa shape index (κ1) is 21.7. The zero-order valence-corrected chi connectivity index (χ0v) is 16.6. The van der Waals surface area contributed by atoms with Gasteiger partial charge < -0.3 is 24.6 Å². The van der Waals surface area contributed by atoms with Crippen molar-refractivity contribution in [2.24, 2.45) is 0 Å². The van der Waals surface area contributed by atoms with Crippen molar-refractivity contribution in [2.75, 3.05) is 33.4 Å². The van der Waals surface area contributed by atoms with E-state index in [2.05, 4.69) is 26.1 Å². The summed E-state index contributed by atoms with van der Waals surface area (Å²) in [7, 11) is 1.66. The monoisotopic (exact) mass is 353 g/mol. The highest BCUT2D eigenvalue weighted by molar-refractivity contribution is 5.44. The zero-order chi connectivity index (χ0) is 18.9. The Morgan fingerprint density at radius 3 is 2.52 bits per heavy atom. The first-order valence-electron chi connectivity index (χ1n) is 9.05. The summed E-state index contributed by atoms with van der Waals surface area (Å²) in [5, 5.41) is 13.3. The van der Waals surface area contributed by atoms with Crippen LogP contribution in [0.15, 0.2) is 18.2 Å². The average Bonchev–Trinajstić information content (AvgIpc) is 2.54. The molecule has 144 valence electrons. The van der Waals surface area contributed by atoms with Gasteiger partial charge in [0.05, 0.1) is 13.2 Å². The quantitative estimate of drug-likeness (QED) is 0.599. The van der Waals surface area contributed by atoms with Crippen molar-refractivity contribution < 1.29 is 19.3 Å². The van der Waals surface area contributed by atoms with Crippen LogP contribution >= 0.6 is 0 Å². The van der Waals surface area contributed by atoms with Gasteiger partial charge in [-0.25, -0.2) is 0 Å². The summed E-state index contributed by atoms with van der Waals surface area (Å²) in [6.45, 7) is 12.8. The van der Waals surface area contributed by atoms with E-state index in [-0.39, 0.29) is 18.1 Å². The molecule has 0 saturated heterocycles. The van der Waals surface area contributed by atoms with Gasteiger partial charge in [-0.1, -0.05) is 20.8 Å². The molecule has 0 amide bonds. The number of methoxy groups -OCH3 is 1. The summed E-state index contributed by atoms with van der Waals surface area (Å²) in [4.78, 5) is 0. The summed E-state index contributed by atoms with van der Waals surface area (Å²) in [6.07, 6.45) is 0.639. The van der Waals surface area contributed by atoms with E-state index in [1.165, 1.54) is 0 Å². The number of aliphatic hydroxyl groups is 1. The molecule has 5 heteroatoms. The highest BCUT2D eigenvalue weighted by atomic mass is 16.5. The van der Waals surface area contributed by atoms with Gasteiger partial charge >= 0.3 is 0 Å². The normalized spacial score (nSPS) is 13.1. The van der Waals surface area contributed by atoms with E-state index in [0.29, 0.717) is 6.54 Å². The molecule has 1 aromatic carbocycles. The molecule has 1 unspecified atom stereocenters. The van der Waals surface area contributed by atoms with Crippen LogP contribution in [0.2, 0.25) is 0 Å². The minimum absolute atomic E-state index is 0.0660. The third kappa shape index (κ3) is 8.56. The molecule has 2 N–H and O–H groups in total. The number of rotatable bonds is 11. The van der Waals surface area contributed by atoms with E-state index in [0.717, 1.165) is 36.6 Å². The molecule has 1 rings (SSSR count). The van der Waals surface area contributed by atoms with Gasteiger partial charge in [-0.2, -0.15) is 0 Å². The minimum Gasteiger partial charge on any atom is -0.497 e. The lowest BCUT2D eigenvalue weighted by Crippen LogP contribution is -2.32. The van der Waals surface area contributed by atoms with E-state index in [4.69, 9.17) is 14.2 Å². The van der Waals surface area contributed by atoms with Gasteiger partial charge in [0, 0.05) is 18.7 Å². The summed E-state index contributed by atoms with van der Waals surface area (Å²) < 4.78 is 16.7. The lowest BCUT2D eigenvalue weighted by molar-refractivity contribution is 0.0748. The van der Waals surface area contributed by atoms with Crippen molar-refractivity contribution in [3.8, 4) is 11.5 Å². The largest absolute Gasteiger partial charge is 0.497 e. The topological polar surface area (TPSA) is 60.0 Å². The molecule has 0 aromatic heterocycles. The van der Waals surface area contributed by atoms with E-state index >= 15 is 0 Å². The van der Waals surface area contributed by atoms with Crippen molar-refractivity contribution in [1.29, 1.82) is 0 Å². The molecule has 0 saturated carbocycles. The molecule has 0 aliphatic heterocycles. The number of hydrogen-bond acceptors (Lipinski definition) is 5. The molecule has 5 nitrogen and oxygen atoms in total. The average molecular weight is 354 g/mol. The fourth-order valence-corrected chi connectivity index (χ4v) is 2.38. The van der Waals surface area contributed by atoms with Crippen LogP contribution in [-0.2, 0) is 10.2 Å². The van der Waals surface area contributed by atoms with Crippen LogP contribution < -0.4 is 14.8 Å². The highest BCUT2D eigenvalue weighted by Crippen LogP contribution is 2.34. The number of aliphatic hydroxyl groups excluding tert-OH is 1. The zero-order valence-electron chi connectivity index (χ0n) is 16.6. The van der Waals surface area contributed by atoms with Gasteiger partial charge in [-0.05, 0) is 50.4 Å². The fraction of sp³-hybridized carbons (Fsp3) is 0.700. The van der Waals surface area contributed by atoms with Gasteiger partial charge in [0.25, 0.3) is 0 Å². The molecular formula is C20H35NO4. The highest BCUT2D eigenvalue weighted by Gasteiger charge is 2.20. The molecule has 0 bridgehead atoms. The number of ether oxygens (including phenoxy) is 3. The molecular weight excluding hydrogens is 318 g/mol. The molecule has 0 aliphatic rings. The van der Waals surface area contributed by atoms with Gasteiger partial charge in [-0.3, -0.25) is 0 Å². The van der Waals surface area contributed by atoms with E-state index in [9.17, 15) is 5.11 Å². The van der Waals surface area contributed by atoms with Crippen LogP contribution in [0.1, 0.15) is 46.6 Å². The molecule has 0 aliphatic carbocycles. The van der Waals surface area contributed by atoms with Crippen LogP contribution in [0.3, 0.4) is 0 Å². The summed E-state index contributed by atoms with van der Waals surface area (Å²) in [6, 6.07) is 5.78. The standard InChI is InChI=1S/C20H35NO4/c1-15(2)24-11-7-10-21-13-16(22)14-25-19-9-8-17(23-6)12-18(19)20(3,4)5/h8-9,12,15-16,21-22H,7,10-11,13-14H2,1-6H3. The SMILES string of the molecule is COc1ccc(OCC(O)CNCCCOC(C)C)c(C(C)(C)C)c1. The van der Waals surface area contributed by atoms with Gasteiger partial charge in [0.2, 0.25) is 0 Å². The van der Waals surface area contributed by atoms with Crippen LogP contribution in [0.5, 0.6) is 11.5 Å². The van der Waals surface area contributed by atoms with Crippen LogP contribution in [0.25, 0.3) is 0 Å². The van der Waals surface area contributed by atoms with Crippen LogP contribution in [0, 0.1) is 0 Å². The predicted molar refractivity (Wildman–Crippen MR) is 102 cm³/mol. The molecule has 0 heterocycles.